The van der Waals surface area contributed by atoms with Crippen molar-refractivity contribution in [1.82, 2.24) is 0 Å². The Bertz CT molecular complexity index is 987. The van der Waals surface area contributed by atoms with Crippen LogP contribution in [0.15, 0.2) is 64.0 Å². The maximum Gasteiger partial charge on any atom is 0.136 e. The van der Waals surface area contributed by atoms with Crippen molar-refractivity contribution >= 4 is 16.9 Å². The number of fused-ring (bicyclic) bond motifs is 1. The summed E-state index contributed by atoms with van der Waals surface area (Å²) in [4.78, 5) is 15.9. The monoisotopic (exact) mass is 350 g/mol. The lowest BCUT2D eigenvalue weighted by Gasteiger charge is -2.17. The standard InChI is InChI=1S/C21H21NO4/c1-13(2)20(21(23)24)22-17-12-19(14-8-10-15(25-3)11-9-14)26-18-7-5-4-6-16(17)18/h4-13,20H,1-3H3,(H,23,24)/p-1/t20-/m1/s1. The fourth-order valence-corrected chi connectivity index (χ4v) is 2.75. The first-order chi connectivity index (χ1) is 12.5. The van der Waals surface area contributed by atoms with Crippen molar-refractivity contribution in [1.29, 1.82) is 0 Å². The molecule has 5 nitrogen and oxygen atoms in total. The van der Waals surface area contributed by atoms with Crippen molar-refractivity contribution in [2.75, 3.05) is 7.11 Å². The number of carbonyl (C=O) groups excluding carboxylic acids is 1. The largest absolute Gasteiger partial charge is 0.548 e. The van der Waals surface area contributed by atoms with Gasteiger partial charge in [0.1, 0.15) is 17.1 Å². The number of carbonyl (C=O) groups is 1. The molecule has 0 radical (unpaired) electrons. The Morgan fingerprint density at radius 3 is 2.42 bits per heavy atom. The average molecular weight is 350 g/mol. The summed E-state index contributed by atoms with van der Waals surface area (Å²) >= 11 is 0. The number of hydrogen-bond acceptors (Lipinski definition) is 5. The van der Waals surface area contributed by atoms with Gasteiger partial charge in [-0.25, -0.2) is 0 Å². The van der Waals surface area contributed by atoms with Gasteiger partial charge < -0.3 is 19.1 Å². The Kier molecular flexibility index (Phi) is 5.07. The van der Waals surface area contributed by atoms with E-state index in [1.165, 1.54) is 0 Å². The molecule has 0 aliphatic rings. The summed E-state index contributed by atoms with van der Waals surface area (Å²) < 4.78 is 11.2. The van der Waals surface area contributed by atoms with Gasteiger partial charge in [-0.1, -0.05) is 26.0 Å². The van der Waals surface area contributed by atoms with Gasteiger partial charge in [-0.3, -0.25) is 4.99 Å². The van der Waals surface area contributed by atoms with Gasteiger partial charge in [0.05, 0.1) is 24.5 Å². The van der Waals surface area contributed by atoms with E-state index in [2.05, 4.69) is 4.99 Å². The van der Waals surface area contributed by atoms with Crippen LogP contribution in [-0.2, 0) is 4.79 Å². The molecule has 0 N–H and O–H groups in total. The highest BCUT2D eigenvalue weighted by atomic mass is 16.5. The van der Waals surface area contributed by atoms with E-state index in [9.17, 15) is 9.90 Å². The van der Waals surface area contributed by atoms with E-state index in [1.54, 1.807) is 13.2 Å². The van der Waals surface area contributed by atoms with E-state index < -0.39 is 12.0 Å². The number of hydrogen-bond donors (Lipinski definition) is 0. The third kappa shape index (κ3) is 3.61. The predicted octanol–water partition coefficient (Wildman–Crippen LogP) is 2.78. The van der Waals surface area contributed by atoms with E-state index in [0.717, 1.165) is 16.7 Å². The van der Waals surface area contributed by atoms with Crippen molar-refractivity contribution < 1.29 is 19.1 Å². The summed E-state index contributed by atoms with van der Waals surface area (Å²) in [5.74, 6) is -0.0153. The molecule has 0 aliphatic heterocycles. The lowest BCUT2D eigenvalue weighted by molar-refractivity contribution is -0.308. The van der Waals surface area contributed by atoms with Gasteiger partial charge in [-0.15, -0.1) is 0 Å². The molecule has 3 rings (SSSR count). The van der Waals surface area contributed by atoms with Gasteiger partial charge >= 0.3 is 0 Å². The van der Waals surface area contributed by atoms with Crippen molar-refractivity contribution in [3.8, 4) is 17.1 Å². The second-order valence-corrected chi connectivity index (χ2v) is 6.36. The Morgan fingerprint density at radius 2 is 1.81 bits per heavy atom. The van der Waals surface area contributed by atoms with Gasteiger partial charge in [0.15, 0.2) is 0 Å². The van der Waals surface area contributed by atoms with Crippen LogP contribution >= 0.6 is 0 Å². The number of carboxylic acid groups (broad SMARTS) is 1. The fraction of sp³-hybridized carbons (Fsp3) is 0.238. The first-order valence-electron chi connectivity index (χ1n) is 8.41. The Labute approximate surface area is 151 Å². The molecule has 26 heavy (non-hydrogen) atoms. The quantitative estimate of drug-likeness (QED) is 0.709. The molecule has 0 spiro atoms. The lowest BCUT2D eigenvalue weighted by atomic mass is 10.1. The second kappa shape index (κ2) is 7.44. The minimum absolute atomic E-state index is 0.180. The van der Waals surface area contributed by atoms with Gasteiger partial charge in [0, 0.05) is 17.0 Å². The van der Waals surface area contributed by atoms with Crippen molar-refractivity contribution in [3.05, 3.63) is 60.0 Å². The van der Waals surface area contributed by atoms with Gasteiger partial charge in [-0.2, -0.15) is 0 Å². The summed E-state index contributed by atoms with van der Waals surface area (Å²) in [6.07, 6.45) is 0. The van der Waals surface area contributed by atoms with E-state index in [-0.39, 0.29) is 5.92 Å². The van der Waals surface area contributed by atoms with Gasteiger partial charge in [-0.05, 0) is 42.3 Å². The van der Waals surface area contributed by atoms with Gasteiger partial charge in [0.25, 0.3) is 0 Å². The Morgan fingerprint density at radius 1 is 1.12 bits per heavy atom. The van der Waals surface area contributed by atoms with E-state index in [4.69, 9.17) is 9.15 Å². The van der Waals surface area contributed by atoms with Crippen LogP contribution in [0.1, 0.15) is 13.8 Å². The fourth-order valence-electron chi connectivity index (χ4n) is 2.75. The molecular formula is C21H20NO4-. The minimum atomic E-state index is -1.18. The van der Waals surface area contributed by atoms with Crippen LogP contribution in [0.25, 0.3) is 22.3 Å². The molecule has 0 aliphatic carbocycles. The molecule has 1 atom stereocenters. The molecule has 1 heterocycles. The summed E-state index contributed by atoms with van der Waals surface area (Å²) in [6, 6.07) is 15.7. The third-order valence-corrected chi connectivity index (χ3v) is 4.18. The minimum Gasteiger partial charge on any atom is -0.548 e. The number of methoxy groups -OCH3 is 1. The molecule has 0 saturated carbocycles. The van der Waals surface area contributed by atoms with Gasteiger partial charge in [0.2, 0.25) is 0 Å². The van der Waals surface area contributed by atoms with Crippen LogP contribution in [-0.4, -0.2) is 19.1 Å². The highest BCUT2D eigenvalue weighted by Gasteiger charge is 2.14. The van der Waals surface area contributed by atoms with Crippen LogP contribution in [0, 0.1) is 5.92 Å². The molecular weight excluding hydrogens is 330 g/mol. The van der Waals surface area contributed by atoms with Crippen LogP contribution in [0.2, 0.25) is 0 Å². The number of carboxylic acids is 1. The molecule has 5 heteroatoms. The normalized spacial score (nSPS) is 13.2. The molecule has 0 saturated heterocycles. The average Bonchev–Trinajstić information content (AvgIpc) is 2.65. The van der Waals surface area contributed by atoms with E-state index >= 15 is 0 Å². The maximum atomic E-state index is 11.5. The lowest BCUT2D eigenvalue weighted by Crippen LogP contribution is -2.39. The molecule has 0 amide bonds. The smallest absolute Gasteiger partial charge is 0.136 e. The summed E-state index contributed by atoms with van der Waals surface area (Å²) in [5, 5.41) is 12.8. The topological polar surface area (TPSA) is 74.9 Å². The van der Waals surface area contributed by atoms with Crippen LogP contribution in [0.5, 0.6) is 5.75 Å². The maximum absolute atomic E-state index is 11.5. The van der Waals surface area contributed by atoms with Crippen molar-refractivity contribution in [3.63, 3.8) is 0 Å². The second-order valence-electron chi connectivity index (χ2n) is 6.36. The molecule has 3 aromatic rings. The Hall–Kier alpha value is -3.08. The number of rotatable bonds is 5. The van der Waals surface area contributed by atoms with Crippen LogP contribution < -0.4 is 15.2 Å². The number of para-hydroxylation sites is 1. The molecule has 0 bridgehead atoms. The van der Waals surface area contributed by atoms with Crippen LogP contribution in [0.3, 0.4) is 0 Å². The molecule has 134 valence electrons. The van der Waals surface area contributed by atoms with Crippen molar-refractivity contribution in [2.45, 2.75) is 19.9 Å². The number of benzene rings is 2. The number of nitrogens with zero attached hydrogens (tertiary/aromatic N) is 1. The SMILES string of the molecule is COc1ccc(-c2cc(=N[C@@H](C(=O)[O-])C(C)C)c3ccccc3o2)cc1. The summed E-state index contributed by atoms with van der Waals surface area (Å²) in [6.45, 7) is 3.62. The highest BCUT2D eigenvalue weighted by Crippen LogP contribution is 2.24. The number of aliphatic carboxylic acids is 1. The van der Waals surface area contributed by atoms with E-state index in [0.29, 0.717) is 16.7 Å². The summed E-state index contributed by atoms with van der Waals surface area (Å²) in [7, 11) is 1.61. The molecule has 1 aromatic heterocycles. The molecule has 2 aromatic carbocycles. The first kappa shape index (κ1) is 17.7. The summed E-state index contributed by atoms with van der Waals surface area (Å²) in [5.41, 5.74) is 1.49. The van der Waals surface area contributed by atoms with E-state index in [1.807, 2.05) is 62.4 Å². The molecule has 0 unspecified atom stereocenters. The Balaban J connectivity index is 2.22. The highest BCUT2D eigenvalue weighted by molar-refractivity contribution is 5.79. The zero-order valence-corrected chi connectivity index (χ0v) is 14.9. The molecule has 0 fully saturated rings. The zero-order chi connectivity index (χ0) is 18.7. The zero-order valence-electron chi connectivity index (χ0n) is 14.9. The first-order valence-corrected chi connectivity index (χ1v) is 8.41. The predicted molar refractivity (Wildman–Crippen MR) is 97.4 cm³/mol. The van der Waals surface area contributed by atoms with Crippen LogP contribution in [0.4, 0.5) is 0 Å². The number of ether oxygens (including phenoxy) is 1. The van der Waals surface area contributed by atoms with Crippen molar-refractivity contribution in [2.24, 2.45) is 10.9 Å². The third-order valence-electron chi connectivity index (χ3n) is 4.18.